The molecule has 1 aromatic heterocycles. The standard InChI is InChI=1S/C18H17Cl2N/c1-12(2)17-11-21(10-13-4-3-5-14(19)8-13)18-7-6-15(20)9-16(17)18/h3-9,11-12H,10H2,1-2H3. The molecule has 3 aromatic rings. The van der Waals surface area contributed by atoms with E-state index in [1.54, 1.807) is 0 Å². The molecule has 1 heterocycles. The molecule has 0 amide bonds. The summed E-state index contributed by atoms with van der Waals surface area (Å²) in [4.78, 5) is 0. The van der Waals surface area contributed by atoms with Crippen molar-refractivity contribution in [3.05, 3.63) is 69.8 Å². The molecule has 1 nitrogen and oxygen atoms in total. The van der Waals surface area contributed by atoms with Crippen LogP contribution in [0.4, 0.5) is 0 Å². The lowest BCUT2D eigenvalue weighted by atomic mass is 10.0. The molecule has 3 rings (SSSR count). The summed E-state index contributed by atoms with van der Waals surface area (Å²) in [5.41, 5.74) is 3.74. The van der Waals surface area contributed by atoms with E-state index < -0.39 is 0 Å². The molecule has 0 aliphatic carbocycles. The van der Waals surface area contributed by atoms with Crippen LogP contribution in [0.2, 0.25) is 10.0 Å². The zero-order chi connectivity index (χ0) is 15.0. The molecule has 108 valence electrons. The molecule has 0 radical (unpaired) electrons. The minimum absolute atomic E-state index is 0.464. The van der Waals surface area contributed by atoms with Crippen LogP contribution >= 0.6 is 23.2 Å². The Morgan fingerprint density at radius 3 is 2.48 bits per heavy atom. The largest absolute Gasteiger partial charge is 0.343 e. The number of aromatic nitrogens is 1. The summed E-state index contributed by atoms with van der Waals surface area (Å²) < 4.78 is 2.27. The SMILES string of the molecule is CC(C)c1cn(Cc2cccc(Cl)c2)c2ccc(Cl)cc12. The molecule has 0 aliphatic heterocycles. The quantitative estimate of drug-likeness (QED) is 0.548. The number of hydrogen-bond donors (Lipinski definition) is 0. The maximum atomic E-state index is 6.16. The average Bonchev–Trinajstić information content (AvgIpc) is 2.77. The number of fused-ring (bicyclic) bond motifs is 1. The van der Waals surface area contributed by atoms with Crippen LogP contribution < -0.4 is 0 Å². The van der Waals surface area contributed by atoms with Gasteiger partial charge < -0.3 is 4.57 Å². The summed E-state index contributed by atoms with van der Waals surface area (Å²) in [5, 5.41) is 2.79. The smallest absolute Gasteiger partial charge is 0.0487 e. The Hall–Kier alpha value is -1.44. The molecular formula is C18H17Cl2N. The van der Waals surface area contributed by atoms with Gasteiger partial charge in [0.2, 0.25) is 0 Å². The maximum absolute atomic E-state index is 6.16. The summed E-state index contributed by atoms with van der Waals surface area (Å²) >= 11 is 12.2. The Labute approximate surface area is 135 Å². The fourth-order valence-corrected chi connectivity index (χ4v) is 3.10. The van der Waals surface area contributed by atoms with E-state index in [1.807, 2.05) is 24.3 Å². The highest BCUT2D eigenvalue weighted by Crippen LogP contribution is 2.30. The van der Waals surface area contributed by atoms with Gasteiger partial charge in [0.05, 0.1) is 0 Å². The van der Waals surface area contributed by atoms with E-state index in [2.05, 4.69) is 42.8 Å². The van der Waals surface area contributed by atoms with Crippen LogP contribution in [0.3, 0.4) is 0 Å². The number of halogens is 2. The third-order valence-corrected chi connectivity index (χ3v) is 4.21. The van der Waals surface area contributed by atoms with Crippen LogP contribution in [0.1, 0.15) is 30.9 Å². The predicted molar refractivity (Wildman–Crippen MR) is 91.6 cm³/mol. The topological polar surface area (TPSA) is 4.93 Å². The maximum Gasteiger partial charge on any atom is 0.0487 e. The predicted octanol–water partition coefficient (Wildman–Crippen LogP) is 6.12. The van der Waals surface area contributed by atoms with E-state index in [9.17, 15) is 0 Å². The summed E-state index contributed by atoms with van der Waals surface area (Å²) in [6, 6.07) is 14.1. The molecule has 0 spiro atoms. The van der Waals surface area contributed by atoms with Crippen molar-refractivity contribution >= 4 is 34.1 Å². The molecule has 0 saturated carbocycles. The van der Waals surface area contributed by atoms with E-state index in [4.69, 9.17) is 23.2 Å². The second kappa shape index (κ2) is 5.75. The van der Waals surface area contributed by atoms with Crippen molar-refractivity contribution in [2.24, 2.45) is 0 Å². The van der Waals surface area contributed by atoms with Crippen LogP contribution in [0.5, 0.6) is 0 Å². The molecule has 3 heteroatoms. The summed E-state index contributed by atoms with van der Waals surface area (Å²) in [7, 11) is 0. The van der Waals surface area contributed by atoms with Gasteiger partial charge in [-0.25, -0.2) is 0 Å². The fraction of sp³-hybridized carbons (Fsp3) is 0.222. The monoisotopic (exact) mass is 317 g/mol. The molecular weight excluding hydrogens is 301 g/mol. The third kappa shape index (κ3) is 2.95. The molecule has 0 fully saturated rings. The lowest BCUT2D eigenvalue weighted by Crippen LogP contribution is -1.97. The van der Waals surface area contributed by atoms with E-state index in [0.29, 0.717) is 5.92 Å². The van der Waals surface area contributed by atoms with Gasteiger partial charge in [-0.2, -0.15) is 0 Å². The van der Waals surface area contributed by atoms with Crippen molar-refractivity contribution < 1.29 is 0 Å². The van der Waals surface area contributed by atoms with Crippen molar-refractivity contribution in [3.8, 4) is 0 Å². The van der Waals surface area contributed by atoms with Crippen LogP contribution in [-0.4, -0.2) is 4.57 Å². The van der Waals surface area contributed by atoms with Gasteiger partial charge in [0.15, 0.2) is 0 Å². The van der Waals surface area contributed by atoms with Gasteiger partial charge >= 0.3 is 0 Å². The number of rotatable bonds is 3. The lowest BCUT2D eigenvalue weighted by molar-refractivity contribution is 0.809. The van der Waals surface area contributed by atoms with Crippen molar-refractivity contribution in [2.45, 2.75) is 26.3 Å². The van der Waals surface area contributed by atoms with E-state index >= 15 is 0 Å². The second-order valence-electron chi connectivity index (χ2n) is 5.66. The minimum Gasteiger partial charge on any atom is -0.343 e. The number of nitrogens with zero attached hydrogens (tertiary/aromatic N) is 1. The second-order valence-corrected chi connectivity index (χ2v) is 6.53. The Morgan fingerprint density at radius 2 is 1.76 bits per heavy atom. The Kier molecular flexibility index (Phi) is 3.97. The van der Waals surface area contributed by atoms with Crippen LogP contribution in [-0.2, 0) is 6.54 Å². The molecule has 0 N–H and O–H groups in total. The van der Waals surface area contributed by atoms with Crippen molar-refractivity contribution in [1.82, 2.24) is 4.57 Å². The highest BCUT2D eigenvalue weighted by molar-refractivity contribution is 6.31. The summed E-state index contributed by atoms with van der Waals surface area (Å²) in [6.07, 6.45) is 2.23. The van der Waals surface area contributed by atoms with Gasteiger partial charge in [-0.05, 0) is 47.4 Å². The summed E-state index contributed by atoms with van der Waals surface area (Å²) in [6.45, 7) is 5.23. The Morgan fingerprint density at radius 1 is 1.00 bits per heavy atom. The normalized spacial score (nSPS) is 11.5. The highest BCUT2D eigenvalue weighted by atomic mass is 35.5. The summed E-state index contributed by atoms with van der Waals surface area (Å²) in [5.74, 6) is 0.464. The first-order valence-electron chi connectivity index (χ1n) is 7.07. The van der Waals surface area contributed by atoms with Crippen LogP contribution in [0, 0.1) is 0 Å². The van der Waals surface area contributed by atoms with Gasteiger partial charge in [0, 0.05) is 33.7 Å². The van der Waals surface area contributed by atoms with Gasteiger partial charge in [0.25, 0.3) is 0 Å². The number of hydrogen-bond acceptors (Lipinski definition) is 0. The Balaban J connectivity index is 2.10. The van der Waals surface area contributed by atoms with Crippen molar-refractivity contribution in [3.63, 3.8) is 0 Å². The van der Waals surface area contributed by atoms with Crippen LogP contribution in [0.15, 0.2) is 48.7 Å². The first-order valence-corrected chi connectivity index (χ1v) is 7.83. The number of benzene rings is 2. The van der Waals surface area contributed by atoms with Crippen molar-refractivity contribution in [2.75, 3.05) is 0 Å². The van der Waals surface area contributed by atoms with Crippen molar-refractivity contribution in [1.29, 1.82) is 0 Å². The highest BCUT2D eigenvalue weighted by Gasteiger charge is 2.12. The van der Waals surface area contributed by atoms with Gasteiger partial charge in [-0.1, -0.05) is 49.2 Å². The van der Waals surface area contributed by atoms with E-state index in [0.717, 1.165) is 16.6 Å². The van der Waals surface area contributed by atoms with Gasteiger partial charge in [-0.15, -0.1) is 0 Å². The van der Waals surface area contributed by atoms with Gasteiger partial charge in [0.1, 0.15) is 0 Å². The van der Waals surface area contributed by atoms with E-state index in [1.165, 1.54) is 22.0 Å². The molecule has 21 heavy (non-hydrogen) atoms. The molecule has 2 aromatic carbocycles. The Bertz CT molecular complexity index is 787. The minimum atomic E-state index is 0.464. The zero-order valence-electron chi connectivity index (χ0n) is 12.1. The lowest BCUT2D eigenvalue weighted by Gasteiger charge is -2.06. The first kappa shape index (κ1) is 14.5. The first-order chi connectivity index (χ1) is 10.0. The molecule has 0 saturated heterocycles. The van der Waals surface area contributed by atoms with E-state index in [-0.39, 0.29) is 0 Å². The molecule has 0 atom stereocenters. The van der Waals surface area contributed by atoms with Gasteiger partial charge in [-0.3, -0.25) is 0 Å². The molecule has 0 bridgehead atoms. The average molecular weight is 318 g/mol. The van der Waals surface area contributed by atoms with Crippen LogP contribution in [0.25, 0.3) is 10.9 Å². The third-order valence-electron chi connectivity index (χ3n) is 3.74. The molecule has 0 aliphatic rings. The molecule has 0 unspecified atom stereocenters. The fourth-order valence-electron chi connectivity index (χ4n) is 2.72. The zero-order valence-corrected chi connectivity index (χ0v) is 13.6.